The van der Waals surface area contributed by atoms with Crippen molar-refractivity contribution >= 4 is 17.2 Å². The number of aryl methyl sites for hydroxylation is 3. The third kappa shape index (κ3) is 2.87. The molecule has 1 atom stereocenters. The minimum Gasteiger partial charge on any atom is -0.361 e. The molecule has 0 aliphatic carbocycles. The summed E-state index contributed by atoms with van der Waals surface area (Å²) in [5.41, 5.74) is 1.83. The summed E-state index contributed by atoms with van der Waals surface area (Å²) in [6.45, 7) is 7.80. The molecule has 2 aromatic rings. The number of carbonyl (C=O) groups is 1. The molecular weight excluding hydrogens is 260 g/mol. The molecule has 0 aromatic carbocycles. The predicted molar refractivity (Wildman–Crippen MR) is 75.5 cm³/mol. The first kappa shape index (κ1) is 13.8. The largest absolute Gasteiger partial charge is 0.361 e. The van der Waals surface area contributed by atoms with E-state index in [4.69, 9.17) is 4.52 Å². The Morgan fingerprint density at radius 2 is 2.16 bits per heavy atom. The number of rotatable bonds is 4. The Morgan fingerprint density at radius 1 is 1.42 bits per heavy atom. The molecule has 2 rings (SSSR count). The molecule has 4 nitrogen and oxygen atoms in total. The highest BCUT2D eigenvalue weighted by molar-refractivity contribution is 7.13. The zero-order valence-electron chi connectivity index (χ0n) is 11.6. The lowest BCUT2D eigenvalue weighted by atomic mass is 10.0. The lowest BCUT2D eigenvalue weighted by Crippen LogP contribution is -2.28. The molecule has 0 fully saturated rings. The van der Waals surface area contributed by atoms with Crippen LogP contribution in [0.2, 0.25) is 0 Å². The number of hydrogen-bond donors (Lipinski definition) is 1. The number of nitrogens with one attached hydrogen (secondary N) is 1. The van der Waals surface area contributed by atoms with Gasteiger partial charge in [0.05, 0.1) is 16.6 Å². The van der Waals surface area contributed by atoms with Crippen LogP contribution in [-0.2, 0) is 0 Å². The molecule has 0 unspecified atom stereocenters. The van der Waals surface area contributed by atoms with Gasteiger partial charge in [-0.15, -0.1) is 11.3 Å². The molecule has 2 heterocycles. The minimum absolute atomic E-state index is 0.0371. The van der Waals surface area contributed by atoms with Crippen molar-refractivity contribution in [1.82, 2.24) is 10.5 Å². The minimum atomic E-state index is -0.0545. The third-order valence-corrected chi connectivity index (χ3v) is 4.11. The molecule has 0 saturated carbocycles. The van der Waals surface area contributed by atoms with E-state index >= 15 is 0 Å². The molecule has 0 spiro atoms. The van der Waals surface area contributed by atoms with Crippen LogP contribution < -0.4 is 5.32 Å². The maximum Gasteiger partial charge on any atom is 0.261 e. The molecule has 0 aliphatic rings. The number of amides is 1. The van der Waals surface area contributed by atoms with Crippen LogP contribution in [0.15, 0.2) is 16.7 Å². The smallest absolute Gasteiger partial charge is 0.261 e. The number of thiophene rings is 1. The second kappa shape index (κ2) is 5.57. The van der Waals surface area contributed by atoms with Gasteiger partial charge >= 0.3 is 0 Å². The molecule has 1 N–H and O–H groups in total. The van der Waals surface area contributed by atoms with Gasteiger partial charge in [0.1, 0.15) is 5.76 Å². The first-order valence-electron chi connectivity index (χ1n) is 6.33. The molecule has 2 aromatic heterocycles. The fraction of sp³-hybridized carbons (Fsp3) is 0.429. The van der Waals surface area contributed by atoms with Crippen molar-refractivity contribution in [3.05, 3.63) is 38.9 Å². The Morgan fingerprint density at radius 3 is 2.63 bits per heavy atom. The zero-order chi connectivity index (χ0) is 14.0. The van der Waals surface area contributed by atoms with Crippen molar-refractivity contribution in [2.24, 2.45) is 0 Å². The summed E-state index contributed by atoms with van der Waals surface area (Å²) in [7, 11) is 0. The summed E-state index contributed by atoms with van der Waals surface area (Å²) in [6, 6.07) is 3.76. The summed E-state index contributed by atoms with van der Waals surface area (Å²) in [5.74, 6) is 0.733. The highest BCUT2D eigenvalue weighted by Crippen LogP contribution is 2.25. The molecule has 0 radical (unpaired) electrons. The average Bonchev–Trinajstić information content (AvgIpc) is 2.94. The summed E-state index contributed by atoms with van der Waals surface area (Å²) in [5, 5.41) is 7.00. The quantitative estimate of drug-likeness (QED) is 0.930. The van der Waals surface area contributed by atoms with Crippen molar-refractivity contribution in [2.45, 2.75) is 40.2 Å². The van der Waals surface area contributed by atoms with Gasteiger partial charge in [-0.25, -0.2) is 0 Å². The monoisotopic (exact) mass is 278 g/mol. The van der Waals surface area contributed by atoms with Crippen LogP contribution in [-0.4, -0.2) is 11.1 Å². The van der Waals surface area contributed by atoms with E-state index in [2.05, 4.69) is 10.5 Å². The topological polar surface area (TPSA) is 55.1 Å². The van der Waals surface area contributed by atoms with Gasteiger partial charge in [0.15, 0.2) is 0 Å². The van der Waals surface area contributed by atoms with Crippen LogP contribution >= 0.6 is 11.3 Å². The lowest BCUT2D eigenvalue weighted by Gasteiger charge is -2.16. The van der Waals surface area contributed by atoms with Crippen molar-refractivity contribution in [3.8, 4) is 0 Å². The van der Waals surface area contributed by atoms with Crippen LogP contribution in [0, 0.1) is 20.8 Å². The maximum absolute atomic E-state index is 12.2. The molecular formula is C14H18N2O2S. The molecule has 19 heavy (non-hydrogen) atoms. The van der Waals surface area contributed by atoms with Crippen molar-refractivity contribution in [2.75, 3.05) is 0 Å². The Hall–Kier alpha value is -1.62. The van der Waals surface area contributed by atoms with E-state index in [0.717, 1.165) is 33.2 Å². The summed E-state index contributed by atoms with van der Waals surface area (Å²) in [4.78, 5) is 14.1. The predicted octanol–water partition coefficient (Wildman–Crippen LogP) is 3.54. The van der Waals surface area contributed by atoms with Gasteiger partial charge in [-0.1, -0.05) is 12.1 Å². The van der Waals surface area contributed by atoms with Crippen molar-refractivity contribution in [3.63, 3.8) is 0 Å². The number of nitrogens with zero attached hydrogens (tertiary/aromatic N) is 1. The Bertz CT molecular complexity index is 567. The molecule has 0 bridgehead atoms. The van der Waals surface area contributed by atoms with Crippen LogP contribution in [0.5, 0.6) is 0 Å². The molecule has 102 valence electrons. The van der Waals surface area contributed by atoms with Crippen molar-refractivity contribution in [1.29, 1.82) is 0 Å². The third-order valence-electron chi connectivity index (χ3n) is 3.11. The van der Waals surface area contributed by atoms with E-state index in [1.165, 1.54) is 11.3 Å². The van der Waals surface area contributed by atoms with E-state index < -0.39 is 0 Å². The fourth-order valence-electron chi connectivity index (χ4n) is 2.15. The Kier molecular flexibility index (Phi) is 4.04. The van der Waals surface area contributed by atoms with E-state index in [-0.39, 0.29) is 11.9 Å². The molecule has 1 amide bonds. The van der Waals surface area contributed by atoms with Gasteiger partial charge in [-0.05, 0) is 39.3 Å². The number of aromatic nitrogens is 1. The summed E-state index contributed by atoms with van der Waals surface area (Å²) in [6.07, 6.45) is 0.805. The fourth-order valence-corrected chi connectivity index (χ4v) is 2.92. The molecule has 0 saturated heterocycles. The second-order valence-electron chi connectivity index (χ2n) is 4.58. The van der Waals surface area contributed by atoms with Gasteiger partial charge in [-0.3, -0.25) is 4.79 Å². The van der Waals surface area contributed by atoms with E-state index in [1.807, 2.05) is 39.8 Å². The van der Waals surface area contributed by atoms with Crippen LogP contribution in [0.1, 0.15) is 51.0 Å². The second-order valence-corrected chi connectivity index (χ2v) is 5.87. The van der Waals surface area contributed by atoms with Gasteiger partial charge in [0.2, 0.25) is 0 Å². The molecule has 0 aliphatic heterocycles. The Labute approximate surface area is 116 Å². The zero-order valence-corrected chi connectivity index (χ0v) is 12.4. The first-order valence-corrected chi connectivity index (χ1v) is 7.14. The first-order chi connectivity index (χ1) is 9.02. The van der Waals surface area contributed by atoms with E-state index in [1.54, 1.807) is 0 Å². The van der Waals surface area contributed by atoms with Gasteiger partial charge in [-0.2, -0.15) is 0 Å². The average molecular weight is 278 g/mol. The van der Waals surface area contributed by atoms with Gasteiger partial charge in [0, 0.05) is 10.4 Å². The highest BCUT2D eigenvalue weighted by Gasteiger charge is 2.21. The van der Waals surface area contributed by atoms with E-state index in [9.17, 15) is 4.79 Å². The maximum atomic E-state index is 12.2. The SMILES string of the molecule is CC[C@@H](NC(=O)c1ccc(C)s1)c1c(C)noc1C. The lowest BCUT2D eigenvalue weighted by molar-refractivity contribution is 0.0939. The normalized spacial score (nSPS) is 12.4. The van der Waals surface area contributed by atoms with Crippen LogP contribution in [0.3, 0.4) is 0 Å². The van der Waals surface area contributed by atoms with Crippen LogP contribution in [0.4, 0.5) is 0 Å². The summed E-state index contributed by atoms with van der Waals surface area (Å²) < 4.78 is 5.17. The highest BCUT2D eigenvalue weighted by atomic mass is 32.1. The Balaban J connectivity index is 2.18. The van der Waals surface area contributed by atoms with Gasteiger partial charge in [0.25, 0.3) is 5.91 Å². The molecule has 5 heteroatoms. The van der Waals surface area contributed by atoms with Crippen LogP contribution in [0.25, 0.3) is 0 Å². The van der Waals surface area contributed by atoms with E-state index in [0.29, 0.717) is 0 Å². The number of carbonyl (C=O) groups excluding carboxylic acids is 1. The summed E-state index contributed by atoms with van der Waals surface area (Å²) >= 11 is 1.50. The number of hydrogen-bond acceptors (Lipinski definition) is 4. The van der Waals surface area contributed by atoms with Crippen molar-refractivity contribution < 1.29 is 9.32 Å². The standard InChI is InChI=1S/C14H18N2O2S/c1-5-11(13-9(3)16-18-10(13)4)15-14(17)12-7-6-8(2)19-12/h6-7,11H,5H2,1-4H3,(H,15,17)/t11-/m1/s1. The van der Waals surface area contributed by atoms with Gasteiger partial charge < -0.3 is 9.84 Å².